The summed E-state index contributed by atoms with van der Waals surface area (Å²) in [5.41, 5.74) is 0. The Kier molecular flexibility index (Phi) is 44.0. The Balaban J connectivity index is -0.000000110. The molecule has 0 amide bonds. The standard InChI is InChI=1S/C8H16N2.C3H7N.2C3H7.W/c1-7(2)9-5-6-10-8(3)4;1-2-3-4;2*1-3-2;/h5-8H,1-4H3;2-3H2,1H3;2*3H,1-2H3;/q-2;;2*-1;/b6-5-;;;;. The van der Waals surface area contributed by atoms with Crippen molar-refractivity contribution in [2.45, 2.75) is 80.8 Å². The number of nitrogens with zero attached hydrogens (tertiary/aromatic N) is 3. The molecule has 0 N–H and O–H groups in total. The van der Waals surface area contributed by atoms with Crippen LogP contribution in [-0.4, -0.2) is 18.6 Å². The predicted molar refractivity (Wildman–Crippen MR) is 95.0 cm³/mol. The van der Waals surface area contributed by atoms with Gasteiger partial charge in [-0.25, -0.2) is 12.4 Å². The van der Waals surface area contributed by atoms with Gasteiger partial charge in [0.15, 0.2) is 0 Å². The average molecular weight is 467 g/mol. The van der Waals surface area contributed by atoms with Gasteiger partial charge < -0.3 is 23.5 Å². The molecule has 3 nitrogen and oxygen atoms in total. The molecular formula is C17H37N3W-4. The van der Waals surface area contributed by atoms with Crippen molar-refractivity contribution in [1.82, 2.24) is 0 Å². The number of rotatable bonds is 6. The van der Waals surface area contributed by atoms with E-state index in [0.29, 0.717) is 12.1 Å². The van der Waals surface area contributed by atoms with Crippen LogP contribution in [0.25, 0.3) is 10.6 Å². The van der Waals surface area contributed by atoms with Gasteiger partial charge >= 0.3 is 43.0 Å². The molecule has 0 aromatic heterocycles. The molecule has 0 spiro atoms. The fourth-order valence-electron chi connectivity index (χ4n) is 0.513. The van der Waals surface area contributed by atoms with Gasteiger partial charge in [-0.15, -0.1) is 12.1 Å². The van der Waals surface area contributed by atoms with Gasteiger partial charge in [0.2, 0.25) is 0 Å². The minimum absolute atomic E-state index is 0.374. The molecule has 0 rings (SSSR count). The van der Waals surface area contributed by atoms with Gasteiger partial charge in [-0.1, -0.05) is 27.7 Å². The van der Waals surface area contributed by atoms with Crippen LogP contribution in [0.5, 0.6) is 0 Å². The van der Waals surface area contributed by atoms with Crippen molar-refractivity contribution in [2.24, 2.45) is 3.50 Å². The fourth-order valence-corrected chi connectivity index (χ4v) is 1.17. The second-order valence-corrected chi connectivity index (χ2v) is 5.72. The molecule has 0 fully saturated rings. The molecule has 0 aromatic rings. The summed E-state index contributed by atoms with van der Waals surface area (Å²) in [5.74, 6) is 0. The SMILES string of the molecule is CC(C)[N-]/C=C\[N-]C(C)C.CCC[N]=[W].C[CH-]C.C[CH-]C. The number of hydrogen-bond donors (Lipinski definition) is 0. The first-order chi connectivity index (χ1) is 9.87. The molecule has 0 radical (unpaired) electrons. The van der Waals surface area contributed by atoms with Crippen molar-refractivity contribution >= 4 is 0 Å². The third-order valence-corrected chi connectivity index (χ3v) is 1.81. The summed E-state index contributed by atoms with van der Waals surface area (Å²) in [6.45, 7) is 19.3. The van der Waals surface area contributed by atoms with E-state index in [1.807, 2.05) is 68.2 Å². The van der Waals surface area contributed by atoms with E-state index in [-0.39, 0.29) is 0 Å². The Labute approximate surface area is 146 Å². The van der Waals surface area contributed by atoms with Gasteiger partial charge in [-0.05, 0) is 0 Å². The van der Waals surface area contributed by atoms with E-state index in [1.165, 1.54) is 26.1 Å². The molecule has 130 valence electrons. The fraction of sp³-hybridized carbons (Fsp3) is 0.765. The van der Waals surface area contributed by atoms with Crippen LogP contribution in [0.4, 0.5) is 0 Å². The largest absolute Gasteiger partial charge is 0.335 e. The van der Waals surface area contributed by atoms with Crippen LogP contribution < -0.4 is 0 Å². The van der Waals surface area contributed by atoms with E-state index in [2.05, 4.69) is 21.1 Å². The molecule has 4 heteroatoms. The van der Waals surface area contributed by atoms with Crippen LogP contribution in [0.2, 0.25) is 0 Å². The Morgan fingerprint density at radius 1 is 0.905 bits per heavy atom. The van der Waals surface area contributed by atoms with E-state index >= 15 is 0 Å². The zero-order valence-electron chi connectivity index (χ0n) is 15.6. The first-order valence-electron chi connectivity index (χ1n) is 7.69. The molecule has 0 heterocycles. The molecule has 0 saturated carbocycles. The first kappa shape index (κ1) is 28.9. The minimum Gasteiger partial charge on any atom is -0.335 e. The van der Waals surface area contributed by atoms with Gasteiger partial charge in [0, 0.05) is 0 Å². The van der Waals surface area contributed by atoms with Crippen LogP contribution in [0.15, 0.2) is 15.9 Å². The normalized spacial score (nSPS) is 8.90. The van der Waals surface area contributed by atoms with Gasteiger partial charge in [-0.3, -0.25) is 0 Å². The summed E-state index contributed by atoms with van der Waals surface area (Å²) in [6.07, 6.45) is 8.71. The summed E-state index contributed by atoms with van der Waals surface area (Å²) in [6, 6.07) is 0.747. The average Bonchev–Trinajstić information content (AvgIpc) is 2.38. The van der Waals surface area contributed by atoms with E-state index in [1.54, 1.807) is 12.4 Å². The maximum Gasteiger partial charge on any atom is -0.192 e. The van der Waals surface area contributed by atoms with Crippen molar-refractivity contribution < 1.29 is 19.6 Å². The second kappa shape index (κ2) is 32.0. The van der Waals surface area contributed by atoms with Crippen LogP contribution >= 0.6 is 0 Å². The molecule has 0 atom stereocenters. The molecule has 0 bridgehead atoms. The van der Waals surface area contributed by atoms with Crippen LogP contribution in [0.1, 0.15) is 68.7 Å². The topological polar surface area (TPSA) is 40.6 Å². The summed E-state index contributed by atoms with van der Waals surface area (Å²) >= 11 is 1.35. The first-order valence-corrected chi connectivity index (χ1v) is 9.00. The Bertz CT molecular complexity index is 167. The van der Waals surface area contributed by atoms with Gasteiger partial charge in [0.25, 0.3) is 0 Å². The molecule has 0 aromatic carbocycles. The van der Waals surface area contributed by atoms with E-state index < -0.39 is 0 Å². The van der Waals surface area contributed by atoms with Crippen molar-refractivity contribution in [3.8, 4) is 0 Å². The molecular weight excluding hydrogens is 430 g/mol. The zero-order valence-corrected chi connectivity index (χ0v) is 18.6. The minimum atomic E-state index is 0.374. The predicted octanol–water partition coefficient (Wildman–Crippen LogP) is 6.61. The second-order valence-electron chi connectivity index (χ2n) is 4.79. The van der Waals surface area contributed by atoms with Crippen molar-refractivity contribution in [3.63, 3.8) is 0 Å². The Morgan fingerprint density at radius 2 is 1.19 bits per heavy atom. The van der Waals surface area contributed by atoms with Crippen LogP contribution in [-0.2, 0) is 19.6 Å². The van der Waals surface area contributed by atoms with E-state index in [9.17, 15) is 0 Å². The summed E-state index contributed by atoms with van der Waals surface area (Å²) in [7, 11) is 0. The van der Waals surface area contributed by atoms with E-state index in [0.717, 1.165) is 6.54 Å². The van der Waals surface area contributed by atoms with Crippen molar-refractivity contribution in [1.29, 1.82) is 0 Å². The van der Waals surface area contributed by atoms with Gasteiger partial charge in [-0.2, -0.15) is 27.7 Å². The maximum absolute atomic E-state index is 4.12. The molecule has 0 unspecified atom stereocenters. The van der Waals surface area contributed by atoms with Crippen molar-refractivity contribution in [2.75, 3.05) is 6.54 Å². The molecule has 21 heavy (non-hydrogen) atoms. The molecule has 0 aliphatic rings. The summed E-state index contributed by atoms with van der Waals surface area (Å²) in [4.78, 5) is 0. The summed E-state index contributed by atoms with van der Waals surface area (Å²) < 4.78 is 3.94. The van der Waals surface area contributed by atoms with Gasteiger partial charge in [0.05, 0.1) is 0 Å². The molecule has 0 saturated heterocycles. The summed E-state index contributed by atoms with van der Waals surface area (Å²) in [5, 5.41) is 8.24. The molecule has 0 aliphatic carbocycles. The Morgan fingerprint density at radius 3 is 1.29 bits per heavy atom. The smallest absolute Gasteiger partial charge is 0.192 e. The Hall–Kier alpha value is -0.172. The molecule has 0 aliphatic heterocycles. The quantitative estimate of drug-likeness (QED) is 0.395. The van der Waals surface area contributed by atoms with Crippen LogP contribution in [0.3, 0.4) is 0 Å². The monoisotopic (exact) mass is 467 g/mol. The zero-order chi connectivity index (χ0) is 17.5. The number of hydrogen-bond acceptors (Lipinski definition) is 1. The van der Waals surface area contributed by atoms with Crippen molar-refractivity contribution in [3.05, 3.63) is 35.9 Å². The third kappa shape index (κ3) is 80.9. The van der Waals surface area contributed by atoms with Gasteiger partial charge in [0.1, 0.15) is 0 Å². The maximum atomic E-state index is 4.12. The van der Waals surface area contributed by atoms with E-state index in [4.69, 9.17) is 0 Å². The third-order valence-electron chi connectivity index (χ3n) is 1.15. The van der Waals surface area contributed by atoms with Crippen LogP contribution in [0, 0.1) is 12.8 Å².